The van der Waals surface area contributed by atoms with E-state index in [-0.39, 0.29) is 35.5 Å². The fourth-order valence-corrected chi connectivity index (χ4v) is 4.26. The van der Waals surface area contributed by atoms with E-state index in [4.69, 9.17) is 25.5 Å². The highest BCUT2D eigenvalue weighted by atomic mass is 19.4. The maximum Gasteiger partial charge on any atom is 0.490 e. The molecule has 0 spiro atoms. The van der Waals surface area contributed by atoms with Gasteiger partial charge in [-0.15, -0.1) is 0 Å². The SMILES string of the molecule is CC(C)c1cccc(C(C)C)c1OC(=O)CC1(CNC(=O)[C@@H](N)CO)CCCCC1.O=C(O)C(F)(F)F. The molecule has 0 unspecified atom stereocenters. The number of aliphatic carboxylic acids is 1. The number of hydrogen-bond acceptors (Lipinski definition) is 6. The molecule has 8 nitrogen and oxygen atoms in total. The van der Waals surface area contributed by atoms with Gasteiger partial charge in [0.1, 0.15) is 11.8 Å². The normalized spacial score (nSPS) is 16.0. The number of halogens is 3. The molecule has 0 radical (unpaired) electrons. The third kappa shape index (κ3) is 10.3. The van der Waals surface area contributed by atoms with Gasteiger partial charge in [0.05, 0.1) is 13.0 Å². The summed E-state index contributed by atoms with van der Waals surface area (Å²) in [6.07, 6.45) is 0.0729. The van der Waals surface area contributed by atoms with Crippen LogP contribution in [0, 0.1) is 5.41 Å². The van der Waals surface area contributed by atoms with Gasteiger partial charge in [0.2, 0.25) is 5.91 Å². The summed E-state index contributed by atoms with van der Waals surface area (Å²) in [5.41, 5.74) is 7.36. The first-order valence-corrected chi connectivity index (χ1v) is 12.4. The Morgan fingerprint density at radius 2 is 1.54 bits per heavy atom. The molecule has 1 saturated carbocycles. The number of aliphatic hydroxyl groups is 1. The zero-order valence-electron chi connectivity index (χ0n) is 21.9. The average molecular weight is 533 g/mol. The minimum Gasteiger partial charge on any atom is -0.475 e. The van der Waals surface area contributed by atoms with Crippen molar-refractivity contribution in [2.45, 2.75) is 90.3 Å². The van der Waals surface area contributed by atoms with Crippen molar-refractivity contribution < 1.29 is 42.5 Å². The number of carboxylic acids is 1. The molecule has 210 valence electrons. The Morgan fingerprint density at radius 1 is 1.05 bits per heavy atom. The summed E-state index contributed by atoms with van der Waals surface area (Å²) in [4.78, 5) is 34.0. The number of nitrogens with two attached hydrogens (primary N) is 1. The van der Waals surface area contributed by atoms with Crippen LogP contribution in [0.1, 0.15) is 89.2 Å². The summed E-state index contributed by atoms with van der Waals surface area (Å²) < 4.78 is 37.7. The van der Waals surface area contributed by atoms with Crippen molar-refractivity contribution in [1.82, 2.24) is 5.32 Å². The molecule has 0 aliphatic heterocycles. The highest BCUT2D eigenvalue weighted by Crippen LogP contribution is 2.40. The van der Waals surface area contributed by atoms with E-state index in [0.29, 0.717) is 12.3 Å². The van der Waals surface area contributed by atoms with Crippen molar-refractivity contribution in [3.63, 3.8) is 0 Å². The fraction of sp³-hybridized carbons (Fsp3) is 0.654. The van der Waals surface area contributed by atoms with Gasteiger partial charge in [0.15, 0.2) is 0 Å². The predicted octanol–water partition coefficient (Wildman–Crippen LogP) is 4.25. The first-order valence-electron chi connectivity index (χ1n) is 12.4. The number of para-hydroxylation sites is 1. The van der Waals surface area contributed by atoms with Gasteiger partial charge in [-0.1, -0.05) is 65.2 Å². The number of benzene rings is 1. The van der Waals surface area contributed by atoms with Crippen LogP contribution in [0.4, 0.5) is 13.2 Å². The summed E-state index contributed by atoms with van der Waals surface area (Å²) >= 11 is 0. The van der Waals surface area contributed by atoms with Crippen LogP contribution < -0.4 is 15.8 Å². The molecule has 0 bridgehead atoms. The topological polar surface area (TPSA) is 139 Å². The highest BCUT2D eigenvalue weighted by Gasteiger charge is 2.38. The summed E-state index contributed by atoms with van der Waals surface area (Å²) in [6, 6.07) is 5.12. The molecular formula is C26H39F3N2O6. The average Bonchev–Trinajstić information content (AvgIpc) is 2.82. The van der Waals surface area contributed by atoms with Gasteiger partial charge < -0.3 is 26.0 Å². The number of hydrogen-bond donors (Lipinski definition) is 4. The van der Waals surface area contributed by atoms with Gasteiger partial charge in [0.25, 0.3) is 0 Å². The third-order valence-corrected chi connectivity index (χ3v) is 6.38. The Bertz CT molecular complexity index is 886. The monoisotopic (exact) mass is 532 g/mol. The van der Waals surface area contributed by atoms with Crippen LogP contribution in [0.3, 0.4) is 0 Å². The summed E-state index contributed by atoms with van der Waals surface area (Å²) in [5, 5.41) is 19.1. The van der Waals surface area contributed by atoms with Crippen molar-refractivity contribution in [2.24, 2.45) is 11.1 Å². The van der Waals surface area contributed by atoms with Crippen molar-refractivity contribution in [2.75, 3.05) is 13.2 Å². The fourth-order valence-electron chi connectivity index (χ4n) is 4.26. The number of carbonyl (C=O) groups excluding carboxylic acids is 2. The Morgan fingerprint density at radius 3 is 1.95 bits per heavy atom. The van der Waals surface area contributed by atoms with Crippen LogP contribution >= 0.6 is 0 Å². The van der Waals surface area contributed by atoms with Gasteiger partial charge in [-0.3, -0.25) is 9.59 Å². The molecule has 11 heteroatoms. The Kier molecular flexibility index (Phi) is 12.5. The molecule has 37 heavy (non-hydrogen) atoms. The molecule has 1 aliphatic carbocycles. The zero-order chi connectivity index (χ0) is 28.4. The molecule has 1 fully saturated rings. The number of aliphatic hydroxyl groups excluding tert-OH is 1. The van der Waals surface area contributed by atoms with Crippen molar-refractivity contribution >= 4 is 17.8 Å². The van der Waals surface area contributed by atoms with Crippen LogP contribution in [0.2, 0.25) is 0 Å². The van der Waals surface area contributed by atoms with Gasteiger partial charge in [0, 0.05) is 6.54 Å². The van der Waals surface area contributed by atoms with Gasteiger partial charge in [-0.2, -0.15) is 13.2 Å². The second kappa shape index (κ2) is 14.3. The zero-order valence-corrected chi connectivity index (χ0v) is 21.9. The van der Waals surface area contributed by atoms with E-state index in [1.807, 2.05) is 18.2 Å². The molecule has 0 saturated heterocycles. The first-order chi connectivity index (χ1) is 17.1. The molecular weight excluding hydrogens is 493 g/mol. The summed E-state index contributed by atoms with van der Waals surface area (Å²) in [6.45, 7) is 8.36. The highest BCUT2D eigenvalue weighted by molar-refractivity contribution is 5.81. The largest absolute Gasteiger partial charge is 0.490 e. The van der Waals surface area contributed by atoms with Gasteiger partial charge in [-0.25, -0.2) is 4.79 Å². The lowest BCUT2D eigenvalue weighted by molar-refractivity contribution is -0.192. The minimum absolute atomic E-state index is 0.245. The molecule has 0 heterocycles. The molecule has 1 aromatic carbocycles. The number of nitrogens with one attached hydrogen (secondary N) is 1. The first kappa shape index (κ1) is 32.4. The number of ether oxygens (including phenoxy) is 1. The molecule has 1 atom stereocenters. The van der Waals surface area contributed by atoms with E-state index in [1.165, 1.54) is 0 Å². The van der Waals surface area contributed by atoms with Crippen molar-refractivity contribution in [1.29, 1.82) is 0 Å². The van der Waals surface area contributed by atoms with E-state index in [9.17, 15) is 22.8 Å². The van der Waals surface area contributed by atoms with Crippen LogP contribution in [-0.2, 0) is 14.4 Å². The third-order valence-electron chi connectivity index (χ3n) is 6.38. The smallest absolute Gasteiger partial charge is 0.475 e. The van der Waals surface area contributed by atoms with E-state index < -0.39 is 24.8 Å². The number of alkyl halides is 3. The van der Waals surface area contributed by atoms with Crippen molar-refractivity contribution in [3.8, 4) is 5.75 Å². The van der Waals surface area contributed by atoms with E-state index in [2.05, 4.69) is 33.0 Å². The lowest BCUT2D eigenvalue weighted by atomic mass is 9.71. The van der Waals surface area contributed by atoms with Crippen LogP contribution in [-0.4, -0.2) is 53.4 Å². The molecule has 2 rings (SSSR count). The maximum atomic E-state index is 13.1. The van der Waals surface area contributed by atoms with Crippen LogP contribution in [0.25, 0.3) is 0 Å². The quantitative estimate of drug-likeness (QED) is 0.275. The van der Waals surface area contributed by atoms with Gasteiger partial charge in [-0.05, 0) is 41.2 Å². The molecule has 1 aromatic rings. The number of amides is 1. The van der Waals surface area contributed by atoms with Crippen LogP contribution in [0.15, 0.2) is 18.2 Å². The van der Waals surface area contributed by atoms with E-state index >= 15 is 0 Å². The minimum atomic E-state index is -5.08. The number of rotatable bonds is 9. The summed E-state index contributed by atoms with van der Waals surface area (Å²) in [7, 11) is 0. The standard InChI is InChI=1S/C24H38N2O4.C2HF3O2/c1-16(2)18-9-8-10-19(17(3)4)22(18)30-21(28)13-24(11-6-5-7-12-24)15-26-23(29)20(25)14-27;3-2(4,5)1(6)7/h8-10,16-17,20,27H,5-7,11-15,25H2,1-4H3,(H,26,29);(H,6,7)/t20-;/m0./s1. The predicted molar refractivity (Wildman–Crippen MR) is 132 cm³/mol. The number of carboxylic acid groups (broad SMARTS) is 1. The van der Waals surface area contributed by atoms with Gasteiger partial charge >= 0.3 is 18.1 Å². The van der Waals surface area contributed by atoms with E-state index in [1.54, 1.807) is 0 Å². The van der Waals surface area contributed by atoms with Crippen molar-refractivity contribution in [3.05, 3.63) is 29.3 Å². The maximum absolute atomic E-state index is 13.1. The number of esters is 1. The lowest BCUT2D eigenvalue weighted by Gasteiger charge is -2.37. The second-order valence-electron chi connectivity index (χ2n) is 10.1. The molecule has 5 N–H and O–H groups in total. The lowest BCUT2D eigenvalue weighted by Crippen LogP contribution is -2.48. The van der Waals surface area contributed by atoms with E-state index in [0.717, 1.165) is 43.2 Å². The Balaban J connectivity index is 0.000000856. The Labute approximate surface area is 215 Å². The summed E-state index contributed by atoms with van der Waals surface area (Å²) in [5.74, 6) is -2.23. The Hall–Kier alpha value is -2.66. The molecule has 0 aromatic heterocycles. The number of carbonyl (C=O) groups is 3. The molecule has 1 amide bonds. The second-order valence-corrected chi connectivity index (χ2v) is 10.1. The van der Waals surface area contributed by atoms with Crippen LogP contribution in [0.5, 0.6) is 5.75 Å². The molecule has 1 aliphatic rings.